The molecule has 0 aliphatic carbocycles. The van der Waals surface area contributed by atoms with Gasteiger partial charge < -0.3 is 10.1 Å². The molecule has 18 heavy (non-hydrogen) atoms. The highest BCUT2D eigenvalue weighted by atomic mass is 79.9. The molecule has 98 valence electrons. The lowest BCUT2D eigenvalue weighted by Gasteiger charge is -2.22. The minimum atomic E-state index is -0.180. The molecule has 0 radical (unpaired) electrons. The van der Waals surface area contributed by atoms with Crippen LogP contribution in [0.1, 0.15) is 23.2 Å². The molecule has 1 aromatic rings. The Hall–Kier alpha value is -0.650. The third kappa shape index (κ3) is 3.67. The monoisotopic (exact) mass is 332 g/mol. The van der Waals surface area contributed by atoms with Crippen LogP contribution in [0.15, 0.2) is 16.7 Å². The summed E-state index contributed by atoms with van der Waals surface area (Å²) in [6.45, 7) is 2.21. The highest BCUT2D eigenvalue weighted by Crippen LogP contribution is 2.18. The highest BCUT2D eigenvalue weighted by molar-refractivity contribution is 9.10. The average molecular weight is 334 g/mol. The molecule has 0 unspecified atom stereocenters. The van der Waals surface area contributed by atoms with Crippen LogP contribution >= 0.6 is 27.5 Å². The molecule has 1 aliphatic heterocycles. The van der Waals surface area contributed by atoms with E-state index in [2.05, 4.69) is 26.2 Å². The highest BCUT2D eigenvalue weighted by Gasteiger charge is 2.17. The van der Waals surface area contributed by atoms with E-state index in [4.69, 9.17) is 16.3 Å². The number of nitrogens with one attached hydrogen (secondary N) is 1. The van der Waals surface area contributed by atoms with Crippen LogP contribution in [0.4, 0.5) is 0 Å². The van der Waals surface area contributed by atoms with E-state index in [-0.39, 0.29) is 11.1 Å². The van der Waals surface area contributed by atoms with E-state index in [0.717, 1.165) is 30.5 Å². The van der Waals surface area contributed by atoms with E-state index in [9.17, 15) is 4.79 Å². The van der Waals surface area contributed by atoms with E-state index in [1.165, 1.54) is 0 Å². The second-order valence-electron chi connectivity index (χ2n) is 4.26. The second kappa shape index (κ2) is 6.50. The summed E-state index contributed by atoms with van der Waals surface area (Å²) in [6, 6.07) is 1.68. The lowest BCUT2D eigenvalue weighted by atomic mass is 10.0. The number of aromatic nitrogens is 1. The molecular weight excluding hydrogens is 320 g/mol. The fraction of sp³-hybridized carbons (Fsp3) is 0.500. The Bertz CT molecular complexity index is 436. The Balaban J connectivity index is 1.92. The minimum Gasteiger partial charge on any atom is -0.381 e. The molecule has 1 aliphatic rings. The van der Waals surface area contributed by atoms with Crippen molar-refractivity contribution < 1.29 is 9.53 Å². The van der Waals surface area contributed by atoms with Gasteiger partial charge in [-0.2, -0.15) is 0 Å². The SMILES string of the molecule is O=C(NCC1CCOCC1)c1cc(Br)cnc1Cl. The number of halogens is 2. The van der Waals surface area contributed by atoms with Crippen molar-refractivity contribution in [2.75, 3.05) is 19.8 Å². The number of nitrogens with zero attached hydrogens (tertiary/aromatic N) is 1. The van der Waals surface area contributed by atoms with Crippen molar-refractivity contribution in [3.63, 3.8) is 0 Å². The normalized spacial score (nSPS) is 16.6. The molecule has 0 saturated carbocycles. The van der Waals surface area contributed by atoms with Crippen molar-refractivity contribution in [2.45, 2.75) is 12.8 Å². The van der Waals surface area contributed by atoms with Crippen molar-refractivity contribution in [2.24, 2.45) is 5.92 Å². The first-order valence-electron chi connectivity index (χ1n) is 5.84. The van der Waals surface area contributed by atoms with Crippen LogP contribution in [-0.4, -0.2) is 30.6 Å². The van der Waals surface area contributed by atoms with Gasteiger partial charge >= 0.3 is 0 Å². The Kier molecular flexibility index (Phi) is 4.97. The molecule has 2 rings (SSSR count). The van der Waals surface area contributed by atoms with Gasteiger partial charge in [-0.3, -0.25) is 4.79 Å². The van der Waals surface area contributed by atoms with Gasteiger partial charge in [0.15, 0.2) is 0 Å². The second-order valence-corrected chi connectivity index (χ2v) is 5.53. The van der Waals surface area contributed by atoms with Crippen LogP contribution in [0.2, 0.25) is 5.15 Å². The lowest BCUT2D eigenvalue weighted by Crippen LogP contribution is -2.32. The van der Waals surface area contributed by atoms with Gasteiger partial charge in [-0.15, -0.1) is 0 Å². The van der Waals surface area contributed by atoms with Crippen molar-refractivity contribution in [3.8, 4) is 0 Å². The molecule has 1 amide bonds. The number of rotatable bonds is 3. The molecule has 1 aromatic heterocycles. The Morgan fingerprint density at radius 2 is 2.28 bits per heavy atom. The summed E-state index contributed by atoms with van der Waals surface area (Å²) in [5.74, 6) is 0.307. The van der Waals surface area contributed by atoms with E-state index in [1.54, 1.807) is 12.3 Å². The summed E-state index contributed by atoms with van der Waals surface area (Å²) < 4.78 is 6.01. The predicted octanol–water partition coefficient (Wildman–Crippen LogP) is 2.65. The maximum Gasteiger partial charge on any atom is 0.254 e. The van der Waals surface area contributed by atoms with Crippen LogP contribution in [0.25, 0.3) is 0 Å². The first-order chi connectivity index (χ1) is 8.66. The summed E-state index contributed by atoms with van der Waals surface area (Å²) in [6.07, 6.45) is 3.55. The van der Waals surface area contributed by atoms with Crippen LogP contribution in [0, 0.1) is 5.92 Å². The van der Waals surface area contributed by atoms with Crippen LogP contribution in [0.3, 0.4) is 0 Å². The molecule has 0 bridgehead atoms. The summed E-state index contributed by atoms with van der Waals surface area (Å²) in [4.78, 5) is 15.9. The predicted molar refractivity (Wildman–Crippen MR) is 72.8 cm³/mol. The third-order valence-electron chi connectivity index (χ3n) is 2.94. The number of amides is 1. The topological polar surface area (TPSA) is 51.2 Å². The minimum absolute atomic E-state index is 0.180. The Morgan fingerprint density at radius 3 is 3.00 bits per heavy atom. The largest absolute Gasteiger partial charge is 0.381 e. The zero-order chi connectivity index (χ0) is 13.0. The molecular formula is C12H14BrClN2O2. The fourth-order valence-electron chi connectivity index (χ4n) is 1.86. The van der Waals surface area contributed by atoms with E-state index in [0.29, 0.717) is 18.0 Å². The first-order valence-corrected chi connectivity index (χ1v) is 7.01. The number of hydrogen-bond acceptors (Lipinski definition) is 3. The van der Waals surface area contributed by atoms with Gasteiger partial charge in [-0.05, 0) is 40.8 Å². The average Bonchev–Trinajstić information content (AvgIpc) is 2.40. The number of ether oxygens (including phenoxy) is 1. The molecule has 1 N–H and O–H groups in total. The molecule has 1 saturated heterocycles. The van der Waals surface area contributed by atoms with E-state index < -0.39 is 0 Å². The van der Waals surface area contributed by atoms with Gasteiger partial charge in [0.05, 0.1) is 5.56 Å². The third-order valence-corrected chi connectivity index (χ3v) is 3.68. The maximum absolute atomic E-state index is 12.0. The summed E-state index contributed by atoms with van der Waals surface area (Å²) in [5.41, 5.74) is 0.401. The Labute approximate surface area is 119 Å². The molecule has 1 fully saturated rings. The number of hydrogen-bond donors (Lipinski definition) is 1. The summed E-state index contributed by atoms with van der Waals surface area (Å²) in [5, 5.41) is 3.12. The van der Waals surface area contributed by atoms with E-state index >= 15 is 0 Å². The van der Waals surface area contributed by atoms with Gasteiger partial charge in [0.1, 0.15) is 5.15 Å². The molecule has 6 heteroatoms. The number of pyridine rings is 1. The molecule has 0 aromatic carbocycles. The van der Waals surface area contributed by atoms with Gasteiger partial charge in [-0.1, -0.05) is 11.6 Å². The molecule has 4 nitrogen and oxygen atoms in total. The van der Waals surface area contributed by atoms with Crippen LogP contribution in [-0.2, 0) is 4.74 Å². The van der Waals surface area contributed by atoms with Crippen molar-refractivity contribution in [1.82, 2.24) is 10.3 Å². The van der Waals surface area contributed by atoms with Crippen LogP contribution < -0.4 is 5.32 Å². The van der Waals surface area contributed by atoms with Crippen molar-refractivity contribution in [1.29, 1.82) is 0 Å². The molecule has 2 heterocycles. The number of carbonyl (C=O) groups is 1. The van der Waals surface area contributed by atoms with Crippen molar-refractivity contribution >= 4 is 33.4 Å². The molecule has 0 spiro atoms. The lowest BCUT2D eigenvalue weighted by molar-refractivity contribution is 0.0642. The molecule has 0 atom stereocenters. The van der Waals surface area contributed by atoms with Crippen LogP contribution in [0.5, 0.6) is 0 Å². The summed E-state index contributed by atoms with van der Waals surface area (Å²) >= 11 is 9.17. The van der Waals surface area contributed by atoms with Crippen molar-refractivity contribution in [3.05, 3.63) is 27.5 Å². The first kappa shape index (κ1) is 13.8. The Morgan fingerprint density at radius 1 is 1.56 bits per heavy atom. The smallest absolute Gasteiger partial charge is 0.254 e. The standard InChI is InChI=1S/C12H14BrClN2O2/c13-9-5-10(11(14)15-7-9)12(17)16-6-8-1-3-18-4-2-8/h5,7-8H,1-4,6H2,(H,16,17). The zero-order valence-electron chi connectivity index (χ0n) is 9.79. The maximum atomic E-state index is 12.0. The quantitative estimate of drug-likeness (QED) is 0.865. The van der Waals surface area contributed by atoms with Gasteiger partial charge in [0, 0.05) is 30.4 Å². The summed E-state index contributed by atoms with van der Waals surface area (Å²) in [7, 11) is 0. The number of carbonyl (C=O) groups excluding carboxylic acids is 1. The van der Waals surface area contributed by atoms with Gasteiger partial charge in [0.2, 0.25) is 0 Å². The fourth-order valence-corrected chi connectivity index (χ4v) is 2.39. The zero-order valence-corrected chi connectivity index (χ0v) is 12.1. The van der Waals surface area contributed by atoms with Gasteiger partial charge in [0.25, 0.3) is 5.91 Å². The van der Waals surface area contributed by atoms with Gasteiger partial charge in [-0.25, -0.2) is 4.98 Å². The van der Waals surface area contributed by atoms with E-state index in [1.807, 2.05) is 0 Å².